The molecule has 94 valence electrons. The number of hydrogen-bond acceptors (Lipinski definition) is 6. The highest BCUT2D eigenvalue weighted by molar-refractivity contribution is 7.18. The fraction of sp³-hybridized carbons (Fsp3) is 0.556. The Labute approximate surface area is 102 Å². The summed E-state index contributed by atoms with van der Waals surface area (Å²) in [5, 5.41) is 16.2. The number of carbonyl (C=O) groups excluding carboxylic acids is 1. The van der Waals surface area contributed by atoms with E-state index in [4.69, 9.17) is 0 Å². The van der Waals surface area contributed by atoms with E-state index in [9.17, 15) is 14.9 Å². The first kappa shape index (κ1) is 13.4. The molecule has 0 atom stereocenters. The zero-order valence-electron chi connectivity index (χ0n) is 9.81. The molecule has 1 rings (SSSR count). The van der Waals surface area contributed by atoms with Gasteiger partial charge in [-0.1, -0.05) is 0 Å². The first-order valence-corrected chi connectivity index (χ1v) is 5.75. The van der Waals surface area contributed by atoms with Crippen LogP contribution in [-0.2, 0) is 4.79 Å². The molecule has 0 saturated heterocycles. The van der Waals surface area contributed by atoms with Crippen molar-refractivity contribution in [1.82, 2.24) is 10.3 Å². The summed E-state index contributed by atoms with van der Waals surface area (Å²) in [6, 6.07) is 0. The molecular weight excluding hydrogens is 244 g/mol. The van der Waals surface area contributed by atoms with Crippen LogP contribution in [0.4, 0.5) is 10.1 Å². The highest BCUT2D eigenvalue weighted by Crippen LogP contribution is 2.24. The third kappa shape index (κ3) is 4.77. The second-order valence-corrected chi connectivity index (χ2v) is 5.42. The fourth-order valence-corrected chi connectivity index (χ4v) is 1.68. The van der Waals surface area contributed by atoms with Crippen molar-refractivity contribution in [2.75, 3.05) is 11.9 Å². The van der Waals surface area contributed by atoms with Crippen molar-refractivity contribution in [2.24, 2.45) is 0 Å². The molecule has 0 aliphatic heterocycles. The van der Waals surface area contributed by atoms with E-state index in [1.165, 1.54) is 0 Å². The molecule has 0 aliphatic carbocycles. The van der Waals surface area contributed by atoms with Gasteiger partial charge in [0.1, 0.15) is 6.20 Å². The molecule has 0 saturated carbocycles. The number of rotatable bonds is 4. The van der Waals surface area contributed by atoms with Gasteiger partial charge in [-0.15, -0.1) is 0 Å². The van der Waals surface area contributed by atoms with Gasteiger partial charge in [0.05, 0.1) is 11.5 Å². The molecule has 1 aromatic heterocycles. The van der Waals surface area contributed by atoms with Gasteiger partial charge in [0.25, 0.3) is 0 Å². The van der Waals surface area contributed by atoms with Gasteiger partial charge in [-0.25, -0.2) is 4.98 Å². The van der Waals surface area contributed by atoms with Crippen LogP contribution < -0.4 is 10.6 Å². The summed E-state index contributed by atoms with van der Waals surface area (Å²) in [5.74, 6) is -0.185. The normalized spacial score (nSPS) is 11.0. The molecule has 17 heavy (non-hydrogen) atoms. The lowest BCUT2D eigenvalue weighted by Gasteiger charge is -2.20. The minimum Gasteiger partial charge on any atom is -0.352 e. The summed E-state index contributed by atoms with van der Waals surface area (Å²) < 4.78 is 0. The monoisotopic (exact) mass is 258 g/mol. The number of hydrogen-bond donors (Lipinski definition) is 2. The average molecular weight is 258 g/mol. The lowest BCUT2D eigenvalue weighted by Crippen LogP contribution is -2.43. The van der Waals surface area contributed by atoms with Crippen molar-refractivity contribution < 1.29 is 9.72 Å². The molecule has 0 spiro atoms. The number of nitrogens with zero attached hydrogens (tertiary/aromatic N) is 2. The van der Waals surface area contributed by atoms with Crippen LogP contribution >= 0.6 is 11.3 Å². The number of nitrogens with one attached hydrogen (secondary N) is 2. The molecule has 0 bridgehead atoms. The van der Waals surface area contributed by atoms with Crippen LogP contribution in [0, 0.1) is 10.1 Å². The highest BCUT2D eigenvalue weighted by Gasteiger charge is 2.15. The minimum absolute atomic E-state index is 0.0436. The molecule has 0 aliphatic rings. The lowest BCUT2D eigenvalue weighted by molar-refractivity contribution is -0.380. The molecule has 2 N–H and O–H groups in total. The van der Waals surface area contributed by atoms with Crippen molar-refractivity contribution in [1.29, 1.82) is 0 Å². The first-order chi connectivity index (χ1) is 7.78. The molecule has 1 aromatic rings. The van der Waals surface area contributed by atoms with Gasteiger partial charge in [-0.2, -0.15) is 0 Å². The SMILES string of the molecule is CC(C)(C)NC(=O)CNc1ncc([N+](=O)[O-])s1. The number of anilines is 1. The van der Waals surface area contributed by atoms with E-state index < -0.39 is 4.92 Å². The van der Waals surface area contributed by atoms with Gasteiger partial charge < -0.3 is 10.6 Å². The van der Waals surface area contributed by atoms with Gasteiger partial charge in [0, 0.05) is 5.54 Å². The number of amides is 1. The molecule has 0 fully saturated rings. The summed E-state index contributed by atoms with van der Waals surface area (Å²) in [6.45, 7) is 5.67. The zero-order valence-corrected chi connectivity index (χ0v) is 10.6. The molecule has 8 heteroatoms. The molecule has 0 radical (unpaired) electrons. The van der Waals surface area contributed by atoms with E-state index in [0.717, 1.165) is 17.5 Å². The molecule has 0 unspecified atom stereocenters. The van der Waals surface area contributed by atoms with E-state index in [0.29, 0.717) is 5.13 Å². The van der Waals surface area contributed by atoms with Crippen LogP contribution in [0.15, 0.2) is 6.20 Å². The number of carbonyl (C=O) groups is 1. The van der Waals surface area contributed by atoms with E-state index >= 15 is 0 Å². The number of aromatic nitrogens is 1. The maximum absolute atomic E-state index is 11.4. The lowest BCUT2D eigenvalue weighted by atomic mass is 10.1. The Morgan fingerprint density at radius 1 is 1.59 bits per heavy atom. The summed E-state index contributed by atoms with van der Waals surface area (Å²) in [7, 11) is 0. The van der Waals surface area contributed by atoms with Crippen LogP contribution in [0.3, 0.4) is 0 Å². The van der Waals surface area contributed by atoms with E-state index in [-0.39, 0.29) is 23.0 Å². The van der Waals surface area contributed by atoms with E-state index in [1.54, 1.807) is 0 Å². The molecule has 7 nitrogen and oxygen atoms in total. The van der Waals surface area contributed by atoms with E-state index in [1.807, 2.05) is 20.8 Å². The fourth-order valence-electron chi connectivity index (χ4n) is 1.05. The predicted octanol–water partition coefficient (Wildman–Crippen LogP) is 1.38. The average Bonchev–Trinajstić information content (AvgIpc) is 2.60. The molecule has 0 aromatic carbocycles. The zero-order chi connectivity index (χ0) is 13.1. The minimum atomic E-state index is -0.516. The quantitative estimate of drug-likeness (QED) is 0.628. The Balaban J connectivity index is 2.45. The Bertz CT molecular complexity index is 424. The standard InChI is InChI=1S/C9H14N4O3S/c1-9(2,3)12-6(14)4-10-8-11-5-7(17-8)13(15)16/h5H,4H2,1-3H3,(H,10,11)(H,12,14). The van der Waals surface area contributed by atoms with E-state index in [2.05, 4.69) is 15.6 Å². The number of nitro groups is 1. The summed E-state index contributed by atoms with van der Waals surface area (Å²) in [5.41, 5.74) is -0.298. The van der Waals surface area contributed by atoms with Gasteiger partial charge in [-0.3, -0.25) is 14.9 Å². The Kier molecular flexibility index (Phi) is 4.00. The Morgan fingerprint density at radius 3 is 2.71 bits per heavy atom. The predicted molar refractivity (Wildman–Crippen MR) is 65.2 cm³/mol. The van der Waals surface area contributed by atoms with Crippen LogP contribution in [0.25, 0.3) is 0 Å². The summed E-state index contributed by atoms with van der Waals surface area (Å²) in [4.78, 5) is 25.1. The first-order valence-electron chi connectivity index (χ1n) is 4.93. The van der Waals surface area contributed by atoms with Crippen molar-refractivity contribution in [2.45, 2.75) is 26.3 Å². The van der Waals surface area contributed by atoms with Crippen LogP contribution in [0.5, 0.6) is 0 Å². The number of thiazole rings is 1. The van der Waals surface area contributed by atoms with Gasteiger partial charge >= 0.3 is 5.00 Å². The Hall–Kier alpha value is -1.70. The largest absolute Gasteiger partial charge is 0.352 e. The van der Waals surface area contributed by atoms with Gasteiger partial charge in [0.15, 0.2) is 5.13 Å². The third-order valence-electron chi connectivity index (χ3n) is 1.59. The van der Waals surface area contributed by atoms with Crippen molar-refractivity contribution >= 4 is 27.4 Å². The van der Waals surface area contributed by atoms with Crippen LogP contribution in [0.2, 0.25) is 0 Å². The third-order valence-corrected chi connectivity index (χ3v) is 2.49. The second-order valence-electron chi connectivity index (χ2n) is 4.41. The van der Waals surface area contributed by atoms with Crippen molar-refractivity contribution in [3.63, 3.8) is 0 Å². The van der Waals surface area contributed by atoms with Crippen LogP contribution in [-0.4, -0.2) is 27.9 Å². The maximum Gasteiger partial charge on any atom is 0.345 e. The maximum atomic E-state index is 11.4. The van der Waals surface area contributed by atoms with Gasteiger partial charge in [-0.05, 0) is 32.1 Å². The molecular formula is C9H14N4O3S. The smallest absolute Gasteiger partial charge is 0.345 e. The summed E-state index contributed by atoms with van der Waals surface area (Å²) >= 11 is 0.900. The molecule has 1 heterocycles. The van der Waals surface area contributed by atoms with Crippen LogP contribution in [0.1, 0.15) is 20.8 Å². The topological polar surface area (TPSA) is 97.2 Å². The van der Waals surface area contributed by atoms with Crippen molar-refractivity contribution in [3.05, 3.63) is 16.3 Å². The second kappa shape index (κ2) is 5.09. The Morgan fingerprint density at radius 2 is 2.24 bits per heavy atom. The van der Waals surface area contributed by atoms with Crippen molar-refractivity contribution in [3.8, 4) is 0 Å². The highest BCUT2D eigenvalue weighted by atomic mass is 32.1. The molecule has 1 amide bonds. The van der Waals surface area contributed by atoms with Gasteiger partial charge in [0.2, 0.25) is 5.91 Å². The summed E-state index contributed by atoms with van der Waals surface area (Å²) in [6.07, 6.45) is 1.16.